The molecule has 0 N–H and O–H groups in total. The summed E-state index contributed by atoms with van der Waals surface area (Å²) in [6.07, 6.45) is 2.94. The Labute approximate surface area is 99.7 Å². The summed E-state index contributed by atoms with van der Waals surface area (Å²) in [5, 5.41) is 0. The van der Waals surface area contributed by atoms with Crippen molar-refractivity contribution in [3.8, 4) is 0 Å². The minimum absolute atomic E-state index is 0.366. The first-order valence-corrected chi connectivity index (χ1v) is 5.58. The molecule has 1 aliphatic heterocycles. The van der Waals surface area contributed by atoms with Gasteiger partial charge >= 0.3 is 0 Å². The first kappa shape index (κ1) is 13.8. The number of ether oxygens (including phenoxy) is 1. The number of carbonyl (C=O) groups is 1. The zero-order valence-corrected chi connectivity index (χ0v) is 9.84. The van der Waals surface area contributed by atoms with E-state index in [0.29, 0.717) is 26.1 Å². The molecular weight excluding hydrogens is 226 g/mol. The van der Waals surface area contributed by atoms with Gasteiger partial charge in [0.2, 0.25) is 0 Å². The highest BCUT2D eigenvalue weighted by atomic mass is 19.1. The molecule has 2 nitrogen and oxygen atoms in total. The van der Waals surface area contributed by atoms with Crippen LogP contribution in [0.25, 0.3) is 0 Å². The summed E-state index contributed by atoms with van der Waals surface area (Å²) in [6, 6.07) is 0. The summed E-state index contributed by atoms with van der Waals surface area (Å²) in [7, 11) is 0. The number of ketones is 1. The van der Waals surface area contributed by atoms with E-state index in [2.05, 4.69) is 6.58 Å². The second-order valence-corrected chi connectivity index (χ2v) is 3.81. The summed E-state index contributed by atoms with van der Waals surface area (Å²) in [5.74, 6) is -2.60. The van der Waals surface area contributed by atoms with E-state index in [9.17, 15) is 13.6 Å². The lowest BCUT2D eigenvalue weighted by atomic mass is 9.89. The Morgan fingerprint density at radius 1 is 1.35 bits per heavy atom. The number of halogens is 2. The Bertz CT molecular complexity index is 364. The van der Waals surface area contributed by atoms with E-state index in [-0.39, 0.29) is 5.92 Å². The minimum Gasteiger partial charge on any atom is -0.381 e. The standard InChI is InChI=1S/C13H16F2O2/c1-3-10(14)12(11(15)4-2)13(16)9-5-7-17-8-6-9/h3-4,9H,1,5-8H2,2H3/b11-4+,12-10-. The maximum Gasteiger partial charge on any atom is 0.172 e. The fourth-order valence-electron chi connectivity index (χ4n) is 1.76. The van der Waals surface area contributed by atoms with Crippen LogP contribution >= 0.6 is 0 Å². The normalized spacial score (nSPS) is 19.8. The van der Waals surface area contributed by atoms with Crippen molar-refractivity contribution in [2.24, 2.45) is 5.92 Å². The van der Waals surface area contributed by atoms with Crippen LogP contribution < -0.4 is 0 Å². The number of hydrogen-bond acceptors (Lipinski definition) is 2. The highest BCUT2D eigenvalue weighted by Gasteiger charge is 2.28. The van der Waals surface area contributed by atoms with Gasteiger partial charge in [-0.1, -0.05) is 12.7 Å². The van der Waals surface area contributed by atoms with Gasteiger partial charge in [-0.05, 0) is 25.8 Å². The molecule has 0 aliphatic carbocycles. The summed E-state index contributed by atoms with van der Waals surface area (Å²) >= 11 is 0. The van der Waals surface area contributed by atoms with Gasteiger partial charge in [-0.25, -0.2) is 8.78 Å². The van der Waals surface area contributed by atoms with E-state index in [0.717, 1.165) is 12.2 Å². The van der Waals surface area contributed by atoms with Crippen LogP contribution in [-0.4, -0.2) is 19.0 Å². The van der Waals surface area contributed by atoms with Crippen LogP contribution in [0.15, 0.2) is 36.0 Å². The molecule has 0 bridgehead atoms. The average molecular weight is 242 g/mol. The molecule has 0 amide bonds. The summed E-state index contributed by atoms with van der Waals surface area (Å²) < 4.78 is 32.1. The van der Waals surface area contributed by atoms with Crippen molar-refractivity contribution in [1.29, 1.82) is 0 Å². The highest BCUT2D eigenvalue weighted by molar-refractivity contribution is 6.01. The van der Waals surface area contributed by atoms with Crippen molar-refractivity contribution < 1.29 is 18.3 Å². The van der Waals surface area contributed by atoms with Crippen molar-refractivity contribution in [2.75, 3.05) is 13.2 Å². The lowest BCUT2D eigenvalue weighted by molar-refractivity contribution is -0.121. The zero-order chi connectivity index (χ0) is 12.8. The van der Waals surface area contributed by atoms with E-state index in [1.165, 1.54) is 6.92 Å². The van der Waals surface area contributed by atoms with Gasteiger partial charge in [0.15, 0.2) is 5.78 Å². The molecular formula is C13H16F2O2. The lowest BCUT2D eigenvalue weighted by Gasteiger charge is -2.21. The number of Topliss-reactive ketones (excluding diaryl/α,β-unsaturated/α-hetero) is 1. The second-order valence-electron chi connectivity index (χ2n) is 3.81. The SMILES string of the molecule is C=C/C(F)=C(C(=O)C1CCOCC1)\C(F)=C/C. The van der Waals surface area contributed by atoms with Gasteiger partial charge in [-0.2, -0.15) is 0 Å². The number of rotatable bonds is 4. The summed E-state index contributed by atoms with van der Waals surface area (Å²) in [6.45, 7) is 5.55. The minimum atomic E-state index is -0.905. The van der Waals surface area contributed by atoms with Gasteiger partial charge in [-0.15, -0.1) is 0 Å². The van der Waals surface area contributed by atoms with Crippen molar-refractivity contribution in [3.63, 3.8) is 0 Å². The van der Waals surface area contributed by atoms with Crippen LogP contribution in [0.3, 0.4) is 0 Å². The smallest absolute Gasteiger partial charge is 0.172 e. The first-order chi connectivity index (χ1) is 8.11. The van der Waals surface area contributed by atoms with Crippen LogP contribution in [0.2, 0.25) is 0 Å². The molecule has 1 heterocycles. The lowest BCUT2D eigenvalue weighted by Crippen LogP contribution is -2.25. The first-order valence-electron chi connectivity index (χ1n) is 5.58. The molecule has 1 aliphatic rings. The quantitative estimate of drug-likeness (QED) is 0.558. The van der Waals surface area contributed by atoms with Crippen LogP contribution in [0.4, 0.5) is 8.78 Å². The fourth-order valence-corrected chi connectivity index (χ4v) is 1.76. The van der Waals surface area contributed by atoms with Gasteiger partial charge in [0.1, 0.15) is 11.7 Å². The largest absolute Gasteiger partial charge is 0.381 e. The molecule has 1 saturated heterocycles. The van der Waals surface area contributed by atoms with E-state index in [1.54, 1.807) is 0 Å². The molecule has 0 atom stereocenters. The number of hydrogen-bond donors (Lipinski definition) is 0. The maximum atomic E-state index is 13.5. The summed E-state index contributed by atoms with van der Waals surface area (Å²) in [4.78, 5) is 12.0. The van der Waals surface area contributed by atoms with E-state index in [1.807, 2.05) is 0 Å². The molecule has 0 radical (unpaired) electrons. The molecule has 94 valence electrons. The van der Waals surface area contributed by atoms with Crippen molar-refractivity contribution >= 4 is 5.78 Å². The Morgan fingerprint density at radius 2 is 1.94 bits per heavy atom. The molecule has 0 aromatic rings. The Kier molecular flexibility index (Phi) is 5.22. The van der Waals surface area contributed by atoms with Gasteiger partial charge in [0.05, 0.1) is 5.57 Å². The second kappa shape index (κ2) is 6.45. The van der Waals surface area contributed by atoms with Crippen molar-refractivity contribution in [3.05, 3.63) is 36.0 Å². The Balaban J connectivity index is 2.99. The van der Waals surface area contributed by atoms with Crippen molar-refractivity contribution in [2.45, 2.75) is 19.8 Å². The van der Waals surface area contributed by atoms with E-state index < -0.39 is 23.0 Å². The molecule has 1 rings (SSSR count). The predicted molar refractivity (Wildman–Crippen MR) is 61.7 cm³/mol. The predicted octanol–water partition coefficient (Wildman–Crippen LogP) is 3.27. The molecule has 0 aromatic heterocycles. The monoisotopic (exact) mass is 242 g/mol. The molecule has 0 unspecified atom stereocenters. The van der Waals surface area contributed by atoms with Gasteiger partial charge in [-0.3, -0.25) is 4.79 Å². The third-order valence-electron chi connectivity index (χ3n) is 2.75. The zero-order valence-electron chi connectivity index (χ0n) is 9.84. The highest BCUT2D eigenvalue weighted by Crippen LogP contribution is 2.27. The topological polar surface area (TPSA) is 26.3 Å². The molecule has 17 heavy (non-hydrogen) atoms. The van der Waals surface area contributed by atoms with E-state index in [4.69, 9.17) is 4.74 Å². The van der Waals surface area contributed by atoms with Gasteiger partial charge < -0.3 is 4.74 Å². The van der Waals surface area contributed by atoms with Crippen molar-refractivity contribution in [1.82, 2.24) is 0 Å². The molecule has 0 saturated carbocycles. The molecule has 1 fully saturated rings. The van der Waals surface area contributed by atoms with Gasteiger partial charge in [0.25, 0.3) is 0 Å². The van der Waals surface area contributed by atoms with Crippen LogP contribution in [-0.2, 0) is 9.53 Å². The Morgan fingerprint density at radius 3 is 2.41 bits per heavy atom. The van der Waals surface area contributed by atoms with Crippen LogP contribution in [0.5, 0.6) is 0 Å². The van der Waals surface area contributed by atoms with Gasteiger partial charge in [0, 0.05) is 19.1 Å². The molecule has 0 spiro atoms. The third kappa shape index (κ3) is 3.33. The molecule has 4 heteroatoms. The number of carbonyl (C=O) groups excluding carboxylic acids is 1. The van der Waals surface area contributed by atoms with E-state index >= 15 is 0 Å². The summed E-state index contributed by atoms with van der Waals surface area (Å²) in [5.41, 5.74) is -0.491. The third-order valence-corrected chi connectivity index (χ3v) is 2.75. The average Bonchev–Trinajstić information content (AvgIpc) is 2.39. The van der Waals surface area contributed by atoms with Crippen LogP contribution in [0.1, 0.15) is 19.8 Å². The fraction of sp³-hybridized carbons (Fsp3) is 0.462. The molecule has 0 aromatic carbocycles. The maximum absolute atomic E-state index is 13.5. The van der Waals surface area contributed by atoms with Crippen LogP contribution in [0, 0.1) is 5.92 Å². The number of allylic oxidation sites excluding steroid dienone is 5. The Hall–Kier alpha value is -1.29.